The molecule has 0 heterocycles. The van der Waals surface area contributed by atoms with Crippen molar-refractivity contribution in [1.29, 1.82) is 0 Å². The summed E-state index contributed by atoms with van der Waals surface area (Å²) in [4.78, 5) is 16.4. The summed E-state index contributed by atoms with van der Waals surface area (Å²) in [6.45, 7) is 4.57. The maximum atomic E-state index is 8.68. The van der Waals surface area contributed by atoms with Crippen LogP contribution in [0, 0.1) is 0 Å². The number of carbonyl (C=O) groups excluding carboxylic acids is 2. The minimum absolute atomic E-state index is 0.167. The van der Waals surface area contributed by atoms with Crippen LogP contribution >= 0.6 is 59.3 Å². The van der Waals surface area contributed by atoms with Crippen molar-refractivity contribution in [3.05, 3.63) is 0 Å². The van der Waals surface area contributed by atoms with Gasteiger partial charge in [0.05, 0.1) is 0 Å². The fourth-order valence-electron chi connectivity index (χ4n) is 0. The number of hydrogen-bond acceptors (Lipinski definition) is 2. The van der Waals surface area contributed by atoms with E-state index in [0.717, 1.165) is 0 Å². The Balaban J connectivity index is -0.0000000646. The Labute approximate surface area is 92.4 Å². The Hall–Kier alpha value is 2.15. The van der Waals surface area contributed by atoms with Crippen molar-refractivity contribution >= 4 is 72.3 Å². The van der Waals surface area contributed by atoms with E-state index >= 15 is 0 Å². The Morgan fingerprint density at radius 2 is 1.33 bits per heavy atom. The first-order valence-corrected chi connectivity index (χ1v) is 15.9. The minimum atomic E-state index is -0.167. The molecule has 9 heavy (non-hydrogen) atoms. The van der Waals surface area contributed by atoms with E-state index in [4.69, 9.17) is 9.59 Å². The van der Waals surface area contributed by atoms with Gasteiger partial charge in [-0.1, -0.05) is 0 Å². The van der Waals surface area contributed by atoms with E-state index in [1.54, 1.807) is 0 Å². The van der Waals surface area contributed by atoms with Gasteiger partial charge in [-0.3, -0.25) is 13.1 Å². The summed E-state index contributed by atoms with van der Waals surface area (Å²) < 4.78 is 0. The molecule has 0 aromatic rings. The van der Waals surface area contributed by atoms with Gasteiger partial charge in [-0.15, -0.1) is 0 Å². The molecule has 60 valence electrons. The third-order valence-corrected chi connectivity index (χ3v) is 0. The van der Waals surface area contributed by atoms with E-state index in [2.05, 4.69) is 66.0 Å². The van der Waals surface area contributed by atoms with E-state index in [0.29, 0.717) is 0 Å². The zero-order valence-corrected chi connectivity index (χ0v) is 12.5. The summed E-state index contributed by atoms with van der Waals surface area (Å²) in [5.74, 6) is 0. The van der Waals surface area contributed by atoms with E-state index in [1.807, 2.05) is 0 Å². The van der Waals surface area contributed by atoms with Gasteiger partial charge in [-0.2, -0.15) is 6.92 Å². The second kappa shape index (κ2) is 22.5. The van der Waals surface area contributed by atoms with Crippen LogP contribution in [0.4, 0.5) is 0 Å². The van der Waals surface area contributed by atoms with Gasteiger partial charge in [0.1, 0.15) is 0 Å². The van der Waals surface area contributed by atoms with Crippen LogP contribution in [-0.4, -0.2) is 13.1 Å². The quantitative estimate of drug-likeness (QED) is 0.199. The first-order chi connectivity index (χ1) is 4.15. The van der Waals surface area contributed by atoms with Crippen LogP contribution in [0.5, 0.6) is 0 Å². The molecule has 0 spiro atoms. The fraction of sp³-hybridized carbons (Fsp3) is 0.333. The van der Waals surface area contributed by atoms with Crippen molar-refractivity contribution in [3.63, 3.8) is 0 Å². The van der Waals surface area contributed by atoms with E-state index < -0.39 is 0 Å². The summed E-state index contributed by atoms with van der Waals surface area (Å²) >= 11 is 7.34. The number of halogens is 3. The van der Waals surface area contributed by atoms with E-state index in [-0.39, 0.29) is 5.41 Å². The molecule has 0 aliphatic rings. The van der Waals surface area contributed by atoms with Crippen molar-refractivity contribution in [3.8, 4) is 0 Å². The van der Waals surface area contributed by atoms with Crippen LogP contribution in [0.15, 0.2) is 0 Å². The number of hydrogen-bond donors (Lipinski definition) is 0. The molecule has 0 aromatic carbocycles. The first kappa shape index (κ1) is 17.3. The first-order valence-electron chi connectivity index (χ1n) is 1.32. The average molecular weight is 556 g/mol. The zero-order chi connectivity index (χ0) is 8.28. The van der Waals surface area contributed by atoms with Crippen LogP contribution in [0.1, 0.15) is 6.92 Å². The van der Waals surface area contributed by atoms with Crippen LogP contribution in [0.2, 0.25) is 0 Å². The van der Waals surface area contributed by atoms with Gasteiger partial charge in [0.25, 0.3) is 0 Å². The van der Waals surface area contributed by atoms with Crippen LogP contribution in [0.25, 0.3) is 0 Å². The molecule has 0 aromatic heterocycles. The molecule has 0 aliphatic heterocycles. The second-order valence-electron chi connectivity index (χ2n) is 0.347. The van der Waals surface area contributed by atoms with Crippen molar-refractivity contribution in [2.24, 2.45) is 0 Å². The van der Waals surface area contributed by atoms with E-state index in [9.17, 15) is 0 Å². The number of rotatable bonds is 0. The topological polar surface area (TPSA) is 34.1 Å². The molecule has 0 amide bonds. The van der Waals surface area contributed by atoms with Gasteiger partial charge in [-0.25, -0.2) is 0 Å². The van der Waals surface area contributed by atoms with Crippen LogP contribution in [-0.2, 0) is 15.0 Å². The summed E-state index contributed by atoms with van der Waals surface area (Å²) in [6, 6.07) is 0. The summed E-state index contributed by atoms with van der Waals surface area (Å²) in [5, 5.41) is -0.167. The van der Waals surface area contributed by atoms with Gasteiger partial charge >= 0.3 is 64.7 Å². The third kappa shape index (κ3) is 146. The predicted molar refractivity (Wildman–Crippen MR) is 60.2 cm³/mol. The Bertz CT molecular complexity index is 49.6. The molecule has 6 heteroatoms. The molecule has 0 bridgehead atoms. The van der Waals surface area contributed by atoms with Crippen molar-refractivity contribution < 1.29 is 15.0 Å². The average Bonchev–Trinajstić information content (AvgIpc) is 1.71. The van der Waals surface area contributed by atoms with Gasteiger partial charge in [0.2, 0.25) is 0 Å². The standard InChI is InChI=1S/C2H3O.CHO.3HI.Rh/c1-2-3;1-2;;;;/h1H3;1H;3*1H;/q2*-1;;;;+3/p-3. The molecule has 0 radical (unpaired) electrons. The molecular formula is C3H4I3O2Rh-2. The van der Waals surface area contributed by atoms with Crippen molar-refractivity contribution in [2.75, 3.05) is 0 Å². The molecule has 0 N–H and O–H groups in total. The van der Waals surface area contributed by atoms with Gasteiger partial charge < -0.3 is 9.59 Å². The van der Waals surface area contributed by atoms with Crippen molar-refractivity contribution in [1.82, 2.24) is 0 Å². The molecule has 0 rings (SSSR count). The van der Waals surface area contributed by atoms with Gasteiger partial charge in [0.15, 0.2) is 0 Å². The summed E-state index contributed by atoms with van der Waals surface area (Å²) in [5.41, 5.74) is 0. The fourth-order valence-corrected chi connectivity index (χ4v) is 0. The van der Waals surface area contributed by atoms with Crippen LogP contribution < -0.4 is 0 Å². The van der Waals surface area contributed by atoms with Crippen LogP contribution in [0.3, 0.4) is 0 Å². The third-order valence-electron chi connectivity index (χ3n) is 0. The van der Waals surface area contributed by atoms with Gasteiger partial charge in [0, 0.05) is 0 Å². The molecule has 0 aliphatic carbocycles. The van der Waals surface area contributed by atoms with Gasteiger partial charge in [-0.05, 0) is 0 Å². The Morgan fingerprint density at radius 3 is 1.33 bits per heavy atom. The molecular weight excluding hydrogens is 552 g/mol. The molecule has 0 unspecified atom stereocenters. The second-order valence-corrected chi connectivity index (χ2v) is 38.2. The van der Waals surface area contributed by atoms with Crippen molar-refractivity contribution in [2.45, 2.75) is 6.92 Å². The summed E-state index contributed by atoms with van der Waals surface area (Å²) in [6.07, 6.45) is 1.50. The monoisotopic (exact) mass is 556 g/mol. The Morgan fingerprint density at radius 1 is 1.33 bits per heavy atom. The molecule has 0 saturated heterocycles. The maximum absolute atomic E-state index is 8.68. The molecule has 2 nitrogen and oxygen atoms in total. The molecule has 0 saturated carbocycles. The molecule has 0 fully saturated rings. The van der Waals surface area contributed by atoms with E-state index in [1.165, 1.54) is 13.2 Å². The SMILES string of the molecule is C[C-]=O.[CH-]=O.[I][Rh]([I])[I]. The predicted octanol–water partition coefficient (Wildman–Crippen LogP) is 2.50. The molecule has 0 atom stereocenters. The Kier molecular flexibility index (Phi) is 43.2. The summed E-state index contributed by atoms with van der Waals surface area (Å²) in [7, 11) is 0. The normalized spacial score (nSPS) is 6.89. The zero-order valence-electron chi connectivity index (χ0n) is 4.36.